The summed E-state index contributed by atoms with van der Waals surface area (Å²) in [4.78, 5) is 7.05. The number of nitrogens with zero attached hydrogens (tertiary/aromatic N) is 2. The molecule has 0 saturated heterocycles. The van der Waals surface area contributed by atoms with E-state index in [4.69, 9.17) is 0 Å². The van der Waals surface area contributed by atoms with Crippen LogP contribution in [0.1, 0.15) is 39.2 Å². The lowest BCUT2D eigenvalue weighted by Gasteiger charge is -2.24. The summed E-state index contributed by atoms with van der Waals surface area (Å²) in [6.45, 7) is 10.9. The second-order valence-electron chi connectivity index (χ2n) is 5.99. The highest BCUT2D eigenvalue weighted by Gasteiger charge is 2.25. The highest BCUT2D eigenvalue weighted by atomic mass is 15.2. The molecule has 0 bridgehead atoms. The fourth-order valence-corrected chi connectivity index (χ4v) is 2.33. The molecule has 2 rings (SSSR count). The van der Waals surface area contributed by atoms with Crippen LogP contribution in [0.2, 0.25) is 0 Å². The van der Waals surface area contributed by atoms with Gasteiger partial charge in [-0.25, -0.2) is 4.98 Å². The fourth-order valence-electron chi connectivity index (χ4n) is 2.33. The van der Waals surface area contributed by atoms with Gasteiger partial charge in [0, 0.05) is 31.4 Å². The van der Waals surface area contributed by atoms with Gasteiger partial charge in [-0.3, -0.25) is 0 Å². The van der Waals surface area contributed by atoms with Crippen LogP contribution < -0.4 is 10.2 Å². The Morgan fingerprint density at radius 1 is 1.42 bits per heavy atom. The van der Waals surface area contributed by atoms with E-state index in [9.17, 15) is 0 Å². The van der Waals surface area contributed by atoms with Crippen molar-refractivity contribution in [2.75, 3.05) is 24.5 Å². The molecule has 0 radical (unpaired) electrons. The molecule has 0 aromatic carbocycles. The zero-order chi connectivity index (χ0) is 13.7. The molecule has 1 saturated carbocycles. The molecule has 19 heavy (non-hydrogen) atoms. The summed E-state index contributed by atoms with van der Waals surface area (Å²) in [5.74, 6) is 2.76. The van der Waals surface area contributed by atoms with Crippen molar-refractivity contribution in [3.8, 4) is 0 Å². The van der Waals surface area contributed by atoms with Gasteiger partial charge in [0.1, 0.15) is 5.82 Å². The summed E-state index contributed by atoms with van der Waals surface area (Å²) in [5, 5.41) is 3.52. The largest absolute Gasteiger partial charge is 0.356 e. The van der Waals surface area contributed by atoms with Gasteiger partial charge in [-0.1, -0.05) is 19.9 Å². The van der Waals surface area contributed by atoms with Crippen LogP contribution in [0, 0.1) is 11.8 Å². The fraction of sp³-hybridized carbons (Fsp3) is 0.688. The number of hydrogen-bond donors (Lipinski definition) is 1. The summed E-state index contributed by atoms with van der Waals surface area (Å²) in [7, 11) is 0. The Morgan fingerprint density at radius 2 is 2.21 bits per heavy atom. The second kappa shape index (κ2) is 6.90. The van der Waals surface area contributed by atoms with Gasteiger partial charge >= 0.3 is 0 Å². The van der Waals surface area contributed by atoms with E-state index in [-0.39, 0.29) is 0 Å². The highest BCUT2D eigenvalue weighted by Crippen LogP contribution is 2.31. The van der Waals surface area contributed by atoms with Gasteiger partial charge in [-0.15, -0.1) is 0 Å². The van der Waals surface area contributed by atoms with Crippen LogP contribution in [0.3, 0.4) is 0 Å². The average molecular weight is 261 g/mol. The maximum absolute atomic E-state index is 4.61. The molecule has 0 spiro atoms. The topological polar surface area (TPSA) is 28.2 Å². The predicted octanol–water partition coefficient (Wildman–Crippen LogP) is 3.06. The molecular weight excluding hydrogens is 234 g/mol. The third-order valence-electron chi connectivity index (χ3n) is 3.59. The third-order valence-corrected chi connectivity index (χ3v) is 3.59. The van der Waals surface area contributed by atoms with E-state index in [0.717, 1.165) is 25.6 Å². The van der Waals surface area contributed by atoms with E-state index in [1.807, 2.05) is 12.3 Å². The first-order chi connectivity index (χ1) is 9.20. The smallest absolute Gasteiger partial charge is 0.133 e. The number of aromatic nitrogens is 1. The van der Waals surface area contributed by atoms with Gasteiger partial charge in [0.25, 0.3) is 0 Å². The number of pyridine rings is 1. The average Bonchev–Trinajstić information content (AvgIpc) is 3.20. The maximum atomic E-state index is 4.61. The Balaban J connectivity index is 2.00. The molecule has 106 valence electrons. The van der Waals surface area contributed by atoms with Gasteiger partial charge in [-0.05, 0) is 44.2 Å². The molecule has 1 aliphatic carbocycles. The summed E-state index contributed by atoms with van der Waals surface area (Å²) < 4.78 is 0. The van der Waals surface area contributed by atoms with Crippen LogP contribution in [0.25, 0.3) is 0 Å². The van der Waals surface area contributed by atoms with Crippen molar-refractivity contribution in [1.29, 1.82) is 0 Å². The summed E-state index contributed by atoms with van der Waals surface area (Å²) >= 11 is 0. The van der Waals surface area contributed by atoms with Crippen molar-refractivity contribution in [1.82, 2.24) is 10.3 Å². The Bertz CT molecular complexity index is 385. The van der Waals surface area contributed by atoms with Gasteiger partial charge in [0.15, 0.2) is 0 Å². The Morgan fingerprint density at radius 3 is 2.84 bits per heavy atom. The van der Waals surface area contributed by atoms with Crippen molar-refractivity contribution < 1.29 is 0 Å². The SMILES string of the molecule is CCN(CC1CC1)c1ncccc1CNCC(C)C. The molecule has 0 atom stereocenters. The molecule has 1 aromatic rings. The van der Waals surface area contributed by atoms with E-state index in [1.165, 1.54) is 30.8 Å². The quantitative estimate of drug-likeness (QED) is 0.779. The van der Waals surface area contributed by atoms with E-state index in [2.05, 4.69) is 42.0 Å². The molecule has 3 heteroatoms. The van der Waals surface area contributed by atoms with Crippen molar-refractivity contribution >= 4 is 5.82 Å². The normalized spacial score (nSPS) is 14.9. The number of hydrogen-bond acceptors (Lipinski definition) is 3. The van der Waals surface area contributed by atoms with Gasteiger partial charge in [-0.2, -0.15) is 0 Å². The maximum Gasteiger partial charge on any atom is 0.133 e. The molecule has 1 N–H and O–H groups in total. The molecule has 1 aromatic heterocycles. The van der Waals surface area contributed by atoms with Crippen molar-refractivity contribution in [2.45, 2.75) is 40.2 Å². The van der Waals surface area contributed by atoms with Gasteiger partial charge in [0.2, 0.25) is 0 Å². The first-order valence-corrected chi connectivity index (χ1v) is 7.60. The first-order valence-electron chi connectivity index (χ1n) is 7.60. The van der Waals surface area contributed by atoms with Crippen LogP contribution in [-0.2, 0) is 6.54 Å². The minimum atomic E-state index is 0.689. The molecule has 1 heterocycles. The number of nitrogens with one attached hydrogen (secondary N) is 1. The van der Waals surface area contributed by atoms with Gasteiger partial charge in [0.05, 0.1) is 0 Å². The lowest BCUT2D eigenvalue weighted by atomic mass is 10.2. The van der Waals surface area contributed by atoms with Crippen LogP contribution in [0.15, 0.2) is 18.3 Å². The predicted molar refractivity (Wildman–Crippen MR) is 81.4 cm³/mol. The summed E-state index contributed by atoms with van der Waals surface area (Å²) in [5.41, 5.74) is 1.32. The van der Waals surface area contributed by atoms with Crippen molar-refractivity contribution in [2.24, 2.45) is 11.8 Å². The minimum Gasteiger partial charge on any atom is -0.356 e. The van der Waals surface area contributed by atoms with E-state index in [1.54, 1.807) is 0 Å². The zero-order valence-electron chi connectivity index (χ0n) is 12.5. The zero-order valence-corrected chi connectivity index (χ0v) is 12.5. The molecule has 0 amide bonds. The van der Waals surface area contributed by atoms with Crippen LogP contribution >= 0.6 is 0 Å². The van der Waals surface area contributed by atoms with E-state index in [0.29, 0.717) is 5.92 Å². The number of rotatable bonds is 8. The molecule has 1 aliphatic rings. The molecular formula is C16H27N3. The lowest BCUT2D eigenvalue weighted by Crippen LogP contribution is -2.28. The van der Waals surface area contributed by atoms with Crippen LogP contribution in [-0.4, -0.2) is 24.6 Å². The molecule has 0 unspecified atom stereocenters. The third kappa shape index (κ3) is 4.50. The minimum absolute atomic E-state index is 0.689. The second-order valence-corrected chi connectivity index (χ2v) is 5.99. The summed E-state index contributed by atoms with van der Waals surface area (Å²) in [6.07, 6.45) is 4.70. The molecule has 0 aliphatic heterocycles. The number of anilines is 1. The standard InChI is InChI=1S/C16H27N3/c1-4-19(12-14-7-8-14)16-15(6-5-9-18-16)11-17-10-13(2)3/h5-6,9,13-14,17H,4,7-8,10-12H2,1-3H3. The molecule has 1 fully saturated rings. The molecule has 3 nitrogen and oxygen atoms in total. The van der Waals surface area contributed by atoms with Crippen LogP contribution in [0.5, 0.6) is 0 Å². The highest BCUT2D eigenvalue weighted by molar-refractivity contribution is 5.46. The Hall–Kier alpha value is -1.09. The van der Waals surface area contributed by atoms with Crippen molar-refractivity contribution in [3.05, 3.63) is 23.9 Å². The monoisotopic (exact) mass is 261 g/mol. The summed E-state index contributed by atoms with van der Waals surface area (Å²) in [6, 6.07) is 4.24. The van der Waals surface area contributed by atoms with Crippen molar-refractivity contribution in [3.63, 3.8) is 0 Å². The lowest BCUT2D eigenvalue weighted by molar-refractivity contribution is 0.551. The Kier molecular flexibility index (Phi) is 5.20. The van der Waals surface area contributed by atoms with Crippen LogP contribution in [0.4, 0.5) is 5.82 Å². The van der Waals surface area contributed by atoms with Gasteiger partial charge < -0.3 is 10.2 Å². The Labute approximate surface area is 117 Å². The van der Waals surface area contributed by atoms with E-state index >= 15 is 0 Å². The first kappa shape index (κ1) is 14.3. The van der Waals surface area contributed by atoms with E-state index < -0.39 is 0 Å².